The van der Waals surface area contributed by atoms with E-state index in [2.05, 4.69) is 26.6 Å². The van der Waals surface area contributed by atoms with Gasteiger partial charge in [-0.1, -0.05) is 45.2 Å². The van der Waals surface area contributed by atoms with E-state index in [0.717, 1.165) is 10.2 Å². The van der Waals surface area contributed by atoms with Crippen molar-refractivity contribution in [2.75, 3.05) is 17.7 Å². The zero-order chi connectivity index (χ0) is 15.4. The number of nitrogens with one attached hydrogen (secondary N) is 2. The van der Waals surface area contributed by atoms with Crippen LogP contribution in [0.15, 0.2) is 40.9 Å². The number of halogens is 3. The standard InChI is InChI=1S/C14H11BrCl2N2OS/c1-20-13-7-12(10(16)6-11(13)17)19-14(21)18-9-4-2-3-8(15)5-9/h2-7H,1H3,(H2,18,19,21). The van der Waals surface area contributed by atoms with Crippen LogP contribution in [0.3, 0.4) is 0 Å². The minimum atomic E-state index is 0.416. The Morgan fingerprint density at radius 3 is 2.57 bits per heavy atom. The van der Waals surface area contributed by atoms with Gasteiger partial charge in [-0.25, -0.2) is 0 Å². The van der Waals surface area contributed by atoms with E-state index in [-0.39, 0.29) is 0 Å². The molecule has 2 rings (SSSR count). The SMILES string of the molecule is COc1cc(NC(=S)Nc2cccc(Br)c2)c(Cl)cc1Cl. The molecule has 0 aliphatic carbocycles. The van der Waals surface area contributed by atoms with Crippen LogP contribution in [0.1, 0.15) is 0 Å². The Balaban J connectivity index is 2.12. The van der Waals surface area contributed by atoms with Crippen molar-refractivity contribution in [2.45, 2.75) is 0 Å². The summed E-state index contributed by atoms with van der Waals surface area (Å²) in [7, 11) is 1.54. The average Bonchev–Trinajstić information content (AvgIpc) is 2.41. The molecule has 0 radical (unpaired) electrons. The molecule has 2 N–H and O–H groups in total. The molecule has 21 heavy (non-hydrogen) atoms. The van der Waals surface area contributed by atoms with Crippen LogP contribution in [0.4, 0.5) is 11.4 Å². The molecule has 0 spiro atoms. The van der Waals surface area contributed by atoms with Gasteiger partial charge in [-0.05, 0) is 36.5 Å². The molecule has 0 unspecified atom stereocenters. The molecule has 0 heterocycles. The van der Waals surface area contributed by atoms with Gasteiger partial charge in [0.15, 0.2) is 5.11 Å². The van der Waals surface area contributed by atoms with E-state index in [0.29, 0.717) is 26.6 Å². The van der Waals surface area contributed by atoms with Crippen LogP contribution < -0.4 is 15.4 Å². The first-order chi connectivity index (χ1) is 9.99. The first kappa shape index (κ1) is 16.4. The second-order valence-corrected chi connectivity index (χ2v) is 6.19. The predicted molar refractivity (Wildman–Crippen MR) is 97.0 cm³/mol. The van der Waals surface area contributed by atoms with Crippen molar-refractivity contribution >= 4 is 67.8 Å². The largest absolute Gasteiger partial charge is 0.495 e. The van der Waals surface area contributed by atoms with Crippen molar-refractivity contribution in [2.24, 2.45) is 0 Å². The Hall–Kier alpha value is -1.01. The topological polar surface area (TPSA) is 33.3 Å². The summed E-state index contributed by atoms with van der Waals surface area (Å²) < 4.78 is 6.12. The number of methoxy groups -OCH3 is 1. The summed E-state index contributed by atoms with van der Waals surface area (Å²) in [5.74, 6) is 0.522. The second kappa shape index (κ2) is 7.31. The van der Waals surface area contributed by atoms with Crippen LogP contribution in [0, 0.1) is 0 Å². The van der Waals surface area contributed by atoms with Crippen molar-refractivity contribution in [3.63, 3.8) is 0 Å². The molecule has 2 aromatic carbocycles. The number of thiocarbonyl (C=S) groups is 1. The zero-order valence-corrected chi connectivity index (χ0v) is 14.8. The van der Waals surface area contributed by atoms with Crippen LogP contribution in [0.25, 0.3) is 0 Å². The van der Waals surface area contributed by atoms with Crippen LogP contribution >= 0.6 is 51.3 Å². The molecular weight excluding hydrogens is 395 g/mol. The van der Waals surface area contributed by atoms with E-state index in [1.54, 1.807) is 12.1 Å². The maximum Gasteiger partial charge on any atom is 0.175 e. The minimum Gasteiger partial charge on any atom is -0.495 e. The first-order valence-electron chi connectivity index (χ1n) is 5.86. The maximum absolute atomic E-state index is 6.13. The Morgan fingerprint density at radius 2 is 1.90 bits per heavy atom. The highest BCUT2D eigenvalue weighted by molar-refractivity contribution is 9.10. The lowest BCUT2D eigenvalue weighted by molar-refractivity contribution is 0.415. The summed E-state index contributed by atoms with van der Waals surface area (Å²) in [6.45, 7) is 0. The highest BCUT2D eigenvalue weighted by Crippen LogP contribution is 2.34. The smallest absolute Gasteiger partial charge is 0.175 e. The third-order valence-corrected chi connectivity index (χ3v) is 3.88. The molecule has 0 atom stereocenters. The summed E-state index contributed by atoms with van der Waals surface area (Å²) in [4.78, 5) is 0. The van der Waals surface area contributed by atoms with Crippen molar-refractivity contribution in [1.82, 2.24) is 0 Å². The number of ether oxygens (including phenoxy) is 1. The fourth-order valence-corrected chi connectivity index (χ4v) is 2.77. The van der Waals surface area contributed by atoms with Crippen molar-refractivity contribution < 1.29 is 4.74 Å². The maximum atomic E-state index is 6.13. The molecule has 2 aromatic rings. The monoisotopic (exact) mass is 404 g/mol. The normalized spacial score (nSPS) is 10.1. The van der Waals surface area contributed by atoms with E-state index in [9.17, 15) is 0 Å². The van der Waals surface area contributed by atoms with Crippen molar-refractivity contribution in [3.8, 4) is 5.75 Å². The van der Waals surface area contributed by atoms with Crippen LogP contribution in [0.2, 0.25) is 10.0 Å². The average molecular weight is 406 g/mol. The molecule has 0 saturated heterocycles. The number of rotatable bonds is 3. The van der Waals surface area contributed by atoms with Gasteiger partial charge in [-0.2, -0.15) is 0 Å². The number of hydrogen-bond donors (Lipinski definition) is 2. The van der Waals surface area contributed by atoms with E-state index in [1.807, 2.05) is 24.3 Å². The van der Waals surface area contributed by atoms with E-state index in [1.165, 1.54) is 7.11 Å². The summed E-state index contributed by atoms with van der Waals surface area (Å²) in [5, 5.41) is 7.40. The molecule has 7 heteroatoms. The fraction of sp³-hybridized carbons (Fsp3) is 0.0714. The molecular formula is C14H11BrCl2N2OS. The molecule has 0 amide bonds. The van der Waals surface area contributed by atoms with Crippen molar-refractivity contribution in [3.05, 3.63) is 50.9 Å². The number of hydrogen-bond acceptors (Lipinski definition) is 2. The van der Waals surface area contributed by atoms with Gasteiger partial charge in [0.25, 0.3) is 0 Å². The minimum absolute atomic E-state index is 0.416. The Bertz CT molecular complexity index is 682. The quantitative estimate of drug-likeness (QED) is 0.653. The fourth-order valence-electron chi connectivity index (χ4n) is 1.63. The molecule has 0 saturated carbocycles. The zero-order valence-electron chi connectivity index (χ0n) is 10.9. The van der Waals surface area contributed by atoms with E-state index >= 15 is 0 Å². The van der Waals surface area contributed by atoms with Crippen molar-refractivity contribution in [1.29, 1.82) is 0 Å². The summed E-state index contributed by atoms with van der Waals surface area (Å²) in [5.41, 5.74) is 1.48. The Labute approximate surface area is 146 Å². The summed E-state index contributed by atoms with van der Waals surface area (Å²) >= 11 is 20.8. The molecule has 0 aliphatic heterocycles. The van der Waals surface area contributed by atoms with E-state index < -0.39 is 0 Å². The molecule has 0 bridgehead atoms. The van der Waals surface area contributed by atoms with Gasteiger partial charge in [0.05, 0.1) is 22.8 Å². The van der Waals surface area contributed by atoms with E-state index in [4.69, 9.17) is 40.2 Å². The Kier molecular flexibility index (Phi) is 5.70. The van der Waals surface area contributed by atoms with Gasteiger partial charge in [0.2, 0.25) is 0 Å². The number of benzene rings is 2. The third kappa shape index (κ3) is 4.48. The number of anilines is 2. The summed E-state index contributed by atoms with van der Waals surface area (Å²) in [6.07, 6.45) is 0. The lowest BCUT2D eigenvalue weighted by atomic mass is 10.3. The lowest BCUT2D eigenvalue weighted by Crippen LogP contribution is -2.19. The predicted octanol–water partition coefficient (Wildman–Crippen LogP) is 5.57. The van der Waals surface area contributed by atoms with Gasteiger partial charge in [-0.15, -0.1) is 0 Å². The lowest BCUT2D eigenvalue weighted by Gasteiger charge is -2.13. The molecule has 0 aromatic heterocycles. The highest BCUT2D eigenvalue weighted by atomic mass is 79.9. The Morgan fingerprint density at radius 1 is 1.14 bits per heavy atom. The molecule has 0 aliphatic rings. The van der Waals surface area contributed by atoms with Gasteiger partial charge in [0.1, 0.15) is 5.75 Å². The third-order valence-electron chi connectivity index (χ3n) is 2.57. The van der Waals surface area contributed by atoms with Crippen LogP contribution in [-0.2, 0) is 0 Å². The van der Waals surface area contributed by atoms with Gasteiger partial charge in [-0.3, -0.25) is 0 Å². The first-order valence-corrected chi connectivity index (χ1v) is 7.82. The van der Waals surface area contributed by atoms with Crippen LogP contribution in [-0.4, -0.2) is 12.2 Å². The highest BCUT2D eigenvalue weighted by Gasteiger charge is 2.09. The molecule has 3 nitrogen and oxygen atoms in total. The summed E-state index contributed by atoms with van der Waals surface area (Å²) in [6, 6.07) is 11.0. The van der Waals surface area contributed by atoms with Gasteiger partial charge < -0.3 is 15.4 Å². The molecule has 110 valence electrons. The van der Waals surface area contributed by atoms with Crippen LogP contribution in [0.5, 0.6) is 5.75 Å². The van der Waals surface area contributed by atoms with Gasteiger partial charge >= 0.3 is 0 Å². The second-order valence-electron chi connectivity index (χ2n) is 4.06. The van der Waals surface area contributed by atoms with Gasteiger partial charge in [0, 0.05) is 16.2 Å². The molecule has 0 fully saturated rings.